The number of esters is 2. The lowest BCUT2D eigenvalue weighted by molar-refractivity contribution is -0.129. The maximum Gasteiger partial charge on any atom is 0.335 e. The molecule has 6 heteroatoms. The van der Waals surface area contributed by atoms with Crippen LogP contribution in [0.2, 0.25) is 0 Å². The van der Waals surface area contributed by atoms with E-state index in [2.05, 4.69) is 45.0 Å². The van der Waals surface area contributed by atoms with E-state index in [1.807, 2.05) is 12.1 Å². The van der Waals surface area contributed by atoms with Gasteiger partial charge in [-0.05, 0) is 47.5 Å². The van der Waals surface area contributed by atoms with Crippen molar-refractivity contribution >= 4 is 43.8 Å². The second-order valence-corrected chi connectivity index (χ2v) is 6.24. The minimum absolute atomic E-state index is 0.406. The molecule has 0 radical (unpaired) electrons. The zero-order chi connectivity index (χ0) is 17.7. The lowest BCUT2D eigenvalue weighted by Gasteiger charge is -2.11. The summed E-state index contributed by atoms with van der Waals surface area (Å²) in [4.78, 5) is 22.5. The van der Waals surface area contributed by atoms with E-state index in [4.69, 9.17) is 9.47 Å². The summed E-state index contributed by atoms with van der Waals surface area (Å²) in [7, 11) is 0. The first-order valence-electron chi connectivity index (χ1n) is 6.72. The van der Waals surface area contributed by atoms with E-state index in [1.54, 1.807) is 24.3 Å². The Morgan fingerprint density at radius 3 is 1.46 bits per heavy atom. The summed E-state index contributed by atoms with van der Waals surface area (Å²) in [6, 6.07) is 10.4. The summed E-state index contributed by atoms with van der Waals surface area (Å²) < 4.78 is 11.6. The van der Waals surface area contributed by atoms with Crippen LogP contribution in [0.1, 0.15) is 0 Å². The van der Waals surface area contributed by atoms with Crippen molar-refractivity contribution in [1.29, 1.82) is 0 Å². The van der Waals surface area contributed by atoms with E-state index in [9.17, 15) is 9.59 Å². The molecule has 0 aliphatic rings. The average molecular weight is 452 g/mol. The molecule has 122 valence electrons. The molecule has 0 heterocycles. The van der Waals surface area contributed by atoms with Gasteiger partial charge in [-0.2, -0.15) is 0 Å². The molecule has 24 heavy (non-hydrogen) atoms. The maximum absolute atomic E-state index is 11.2. The molecule has 0 saturated carbocycles. The highest BCUT2D eigenvalue weighted by molar-refractivity contribution is 9.11. The summed E-state index contributed by atoms with van der Waals surface area (Å²) in [5, 5.41) is 0. The molecule has 0 N–H and O–H groups in total. The highest BCUT2D eigenvalue weighted by Gasteiger charge is 2.11. The van der Waals surface area contributed by atoms with Gasteiger partial charge in [-0.3, -0.25) is 0 Å². The largest absolute Gasteiger partial charge is 0.423 e. The third kappa shape index (κ3) is 4.43. The molecule has 0 fully saturated rings. The van der Waals surface area contributed by atoms with Crippen molar-refractivity contribution < 1.29 is 19.1 Å². The molecule has 0 unspecified atom stereocenters. The van der Waals surface area contributed by atoms with Crippen LogP contribution >= 0.6 is 31.9 Å². The zero-order valence-corrected chi connectivity index (χ0v) is 15.6. The summed E-state index contributed by atoms with van der Waals surface area (Å²) in [6.45, 7) is 6.71. The van der Waals surface area contributed by atoms with Gasteiger partial charge in [0.05, 0.1) is 0 Å². The Hall–Kier alpha value is -2.18. The topological polar surface area (TPSA) is 52.6 Å². The van der Waals surface area contributed by atoms with E-state index < -0.39 is 11.9 Å². The molecule has 0 spiro atoms. The fraction of sp³-hybridized carbons (Fsp3) is 0. The van der Waals surface area contributed by atoms with Gasteiger partial charge in [-0.1, -0.05) is 45.0 Å². The van der Waals surface area contributed by atoms with Gasteiger partial charge in [0.25, 0.3) is 0 Å². The number of hydrogen-bond donors (Lipinski definition) is 0. The van der Waals surface area contributed by atoms with Gasteiger partial charge >= 0.3 is 11.9 Å². The molecule has 4 nitrogen and oxygen atoms in total. The summed E-state index contributed by atoms with van der Waals surface area (Å²) in [5.74, 6) is -0.236. The first kappa shape index (κ1) is 18.2. The van der Waals surface area contributed by atoms with Crippen molar-refractivity contribution in [2.45, 2.75) is 0 Å². The van der Waals surface area contributed by atoms with Crippen molar-refractivity contribution in [2.75, 3.05) is 0 Å². The number of hydrogen-bond acceptors (Lipinski definition) is 4. The Bertz CT molecular complexity index is 758. The molecule has 0 aliphatic heterocycles. The van der Waals surface area contributed by atoms with Gasteiger partial charge < -0.3 is 9.47 Å². The van der Waals surface area contributed by atoms with Crippen LogP contribution < -0.4 is 9.47 Å². The van der Waals surface area contributed by atoms with Gasteiger partial charge in [-0.15, -0.1) is 0 Å². The predicted molar refractivity (Wildman–Crippen MR) is 98.9 cm³/mol. The summed E-state index contributed by atoms with van der Waals surface area (Å²) in [6.07, 6.45) is 2.20. The molecular weight excluding hydrogens is 440 g/mol. The van der Waals surface area contributed by atoms with Crippen molar-refractivity contribution in [3.8, 4) is 22.6 Å². The standard InChI is InChI=1S/C18H12Br2O4/c1-3-17(21)23-11-5-7-13(15(19)9-11)14-8-6-12(10-16(14)20)24-18(22)4-2/h3-10H,1-2H2. The number of carbonyl (C=O) groups is 2. The average Bonchev–Trinajstić information content (AvgIpc) is 2.55. The lowest BCUT2D eigenvalue weighted by Crippen LogP contribution is -2.03. The molecule has 0 amide bonds. The van der Waals surface area contributed by atoms with E-state index >= 15 is 0 Å². The van der Waals surface area contributed by atoms with Gasteiger partial charge in [0.1, 0.15) is 11.5 Å². The highest BCUT2D eigenvalue weighted by atomic mass is 79.9. The molecule has 0 bridgehead atoms. The van der Waals surface area contributed by atoms with Crippen molar-refractivity contribution in [1.82, 2.24) is 0 Å². The van der Waals surface area contributed by atoms with Crippen molar-refractivity contribution in [3.05, 3.63) is 70.7 Å². The Morgan fingerprint density at radius 1 is 0.792 bits per heavy atom. The smallest absolute Gasteiger partial charge is 0.335 e. The molecule has 0 aliphatic carbocycles. The Kier molecular flexibility index (Phi) is 6.11. The molecule has 2 rings (SSSR count). The molecule has 2 aromatic carbocycles. The Balaban J connectivity index is 2.31. The van der Waals surface area contributed by atoms with Crippen LogP contribution in [0.5, 0.6) is 11.5 Å². The second kappa shape index (κ2) is 8.08. The van der Waals surface area contributed by atoms with Crippen LogP contribution in [0.3, 0.4) is 0 Å². The van der Waals surface area contributed by atoms with E-state index in [-0.39, 0.29) is 0 Å². The maximum atomic E-state index is 11.2. The number of rotatable bonds is 5. The van der Waals surface area contributed by atoms with E-state index in [0.29, 0.717) is 11.5 Å². The van der Waals surface area contributed by atoms with Crippen LogP contribution in [-0.4, -0.2) is 11.9 Å². The number of ether oxygens (including phenoxy) is 2. The lowest BCUT2D eigenvalue weighted by atomic mass is 10.1. The minimum Gasteiger partial charge on any atom is -0.423 e. The third-order valence-corrected chi connectivity index (χ3v) is 4.25. The monoisotopic (exact) mass is 450 g/mol. The molecular formula is C18H12Br2O4. The van der Waals surface area contributed by atoms with Crippen LogP contribution in [0, 0.1) is 0 Å². The van der Waals surface area contributed by atoms with Crippen LogP contribution in [0.25, 0.3) is 11.1 Å². The quantitative estimate of drug-likeness (QED) is 0.362. The molecule has 0 saturated heterocycles. The van der Waals surface area contributed by atoms with E-state index in [1.165, 1.54) is 0 Å². The fourth-order valence-corrected chi connectivity index (χ4v) is 3.01. The molecule has 0 aromatic heterocycles. The van der Waals surface area contributed by atoms with Crippen LogP contribution in [0.15, 0.2) is 70.7 Å². The molecule has 2 aromatic rings. The van der Waals surface area contributed by atoms with Gasteiger partial charge in [0.15, 0.2) is 0 Å². The van der Waals surface area contributed by atoms with Crippen molar-refractivity contribution in [3.63, 3.8) is 0 Å². The highest BCUT2D eigenvalue weighted by Crippen LogP contribution is 2.37. The number of carbonyl (C=O) groups excluding carboxylic acids is 2. The van der Waals surface area contributed by atoms with Crippen molar-refractivity contribution in [2.24, 2.45) is 0 Å². The SMILES string of the molecule is C=CC(=O)Oc1ccc(-c2ccc(OC(=O)C=C)cc2Br)c(Br)c1. The molecule has 0 atom stereocenters. The minimum atomic E-state index is -0.524. The normalized spacial score (nSPS) is 9.92. The Labute approximate surface area is 156 Å². The van der Waals surface area contributed by atoms with Gasteiger partial charge in [0.2, 0.25) is 0 Å². The number of halogens is 2. The predicted octanol–water partition coefficient (Wildman–Crippen LogP) is 5.06. The second-order valence-electron chi connectivity index (χ2n) is 4.53. The van der Waals surface area contributed by atoms with Crippen LogP contribution in [-0.2, 0) is 9.59 Å². The van der Waals surface area contributed by atoms with Crippen LogP contribution in [0.4, 0.5) is 0 Å². The summed E-state index contributed by atoms with van der Waals surface area (Å²) in [5.41, 5.74) is 1.75. The zero-order valence-electron chi connectivity index (χ0n) is 12.4. The van der Waals surface area contributed by atoms with Gasteiger partial charge in [0, 0.05) is 21.1 Å². The first-order valence-corrected chi connectivity index (χ1v) is 8.31. The van der Waals surface area contributed by atoms with E-state index in [0.717, 1.165) is 32.2 Å². The third-order valence-electron chi connectivity index (χ3n) is 2.94. The first-order chi connectivity index (χ1) is 11.4. The summed E-state index contributed by atoms with van der Waals surface area (Å²) >= 11 is 6.93. The Morgan fingerprint density at radius 2 is 1.17 bits per heavy atom. The fourth-order valence-electron chi connectivity index (χ4n) is 1.87. The van der Waals surface area contributed by atoms with Gasteiger partial charge in [-0.25, -0.2) is 9.59 Å². The number of benzene rings is 2.